The van der Waals surface area contributed by atoms with Crippen LogP contribution < -0.4 is 0 Å². The second-order valence-corrected chi connectivity index (χ2v) is 7.70. The van der Waals surface area contributed by atoms with Gasteiger partial charge in [0.2, 0.25) is 0 Å². The Morgan fingerprint density at radius 3 is 1.62 bits per heavy atom. The number of rotatable bonds is 17. The number of hydrogen-bond acceptors (Lipinski definition) is 4. The van der Waals surface area contributed by atoms with Crippen molar-refractivity contribution in [3.63, 3.8) is 0 Å². The van der Waals surface area contributed by atoms with Gasteiger partial charge in [-0.05, 0) is 6.42 Å². The molecule has 0 atom stereocenters. The van der Waals surface area contributed by atoms with Crippen LogP contribution in [0.2, 0.25) is 0 Å². The van der Waals surface area contributed by atoms with E-state index in [0.717, 1.165) is 12.8 Å². The van der Waals surface area contributed by atoms with Crippen molar-refractivity contribution >= 4 is 5.97 Å². The monoisotopic (exact) mass is 369 g/mol. The Labute approximate surface area is 161 Å². The highest BCUT2D eigenvalue weighted by atomic mass is 16.7. The van der Waals surface area contributed by atoms with Crippen molar-refractivity contribution < 1.29 is 14.4 Å². The number of carbonyl (C=O) groups excluding carboxylic acids is 1. The van der Waals surface area contributed by atoms with Crippen molar-refractivity contribution in [3.8, 4) is 0 Å². The summed E-state index contributed by atoms with van der Waals surface area (Å²) in [4.78, 5) is 17.1. The predicted octanol–water partition coefficient (Wildman–Crippen LogP) is 6.04. The summed E-state index contributed by atoms with van der Waals surface area (Å²) in [6.07, 6.45) is 20.7. The Morgan fingerprint density at radius 1 is 0.731 bits per heavy atom. The Morgan fingerprint density at radius 2 is 1.15 bits per heavy atom. The number of hydroxylamine groups is 2. The van der Waals surface area contributed by atoms with Gasteiger partial charge < -0.3 is 9.57 Å². The number of morpholine rings is 1. The summed E-state index contributed by atoms with van der Waals surface area (Å²) in [5.74, 6) is -0.0819. The number of ether oxygens (including phenoxy) is 1. The van der Waals surface area contributed by atoms with Crippen LogP contribution in [0.15, 0.2) is 0 Å². The minimum absolute atomic E-state index is 0.0819. The molecule has 0 amide bonds. The standard InChI is InChI=1S/C22H43NO3/c1-2-3-4-5-6-7-8-9-10-11-12-13-14-15-16-17-22(24)26-23-18-20-25-21-19-23/h2-21H2,1H3. The van der Waals surface area contributed by atoms with E-state index in [1.165, 1.54) is 83.5 Å². The molecular formula is C22H43NO3. The van der Waals surface area contributed by atoms with Gasteiger partial charge in [0.25, 0.3) is 0 Å². The van der Waals surface area contributed by atoms with Crippen LogP contribution >= 0.6 is 0 Å². The second-order valence-electron chi connectivity index (χ2n) is 7.70. The first-order valence-electron chi connectivity index (χ1n) is 11.4. The van der Waals surface area contributed by atoms with Gasteiger partial charge in [-0.15, -0.1) is 5.06 Å². The van der Waals surface area contributed by atoms with Gasteiger partial charge >= 0.3 is 5.97 Å². The topological polar surface area (TPSA) is 38.8 Å². The Balaban J connectivity index is 1.73. The summed E-state index contributed by atoms with van der Waals surface area (Å²) in [5.41, 5.74) is 0. The molecule has 4 heteroatoms. The molecule has 0 aromatic rings. The molecule has 0 N–H and O–H groups in total. The first kappa shape index (κ1) is 23.4. The zero-order valence-electron chi connectivity index (χ0n) is 17.3. The normalized spacial score (nSPS) is 15.3. The zero-order valence-corrected chi connectivity index (χ0v) is 17.3. The lowest BCUT2D eigenvalue weighted by Gasteiger charge is -2.24. The number of hydrogen-bond donors (Lipinski definition) is 0. The molecule has 0 radical (unpaired) electrons. The molecule has 1 heterocycles. The molecule has 0 unspecified atom stereocenters. The molecule has 1 saturated heterocycles. The summed E-state index contributed by atoms with van der Waals surface area (Å²) in [6.45, 7) is 4.99. The highest BCUT2D eigenvalue weighted by Gasteiger charge is 2.14. The third-order valence-electron chi connectivity index (χ3n) is 5.19. The van der Waals surface area contributed by atoms with Crippen LogP contribution in [0.25, 0.3) is 0 Å². The van der Waals surface area contributed by atoms with Crippen molar-refractivity contribution in [2.45, 2.75) is 110 Å². The fourth-order valence-corrected chi connectivity index (χ4v) is 3.47. The molecule has 26 heavy (non-hydrogen) atoms. The van der Waals surface area contributed by atoms with Crippen molar-refractivity contribution in [2.75, 3.05) is 26.3 Å². The van der Waals surface area contributed by atoms with E-state index in [4.69, 9.17) is 9.57 Å². The molecule has 154 valence electrons. The molecule has 0 aromatic heterocycles. The fourth-order valence-electron chi connectivity index (χ4n) is 3.47. The highest BCUT2D eigenvalue weighted by molar-refractivity contribution is 5.68. The summed E-state index contributed by atoms with van der Waals surface area (Å²) in [7, 11) is 0. The van der Waals surface area contributed by atoms with E-state index in [1.807, 2.05) is 0 Å². The van der Waals surface area contributed by atoms with Crippen molar-refractivity contribution in [2.24, 2.45) is 0 Å². The van der Waals surface area contributed by atoms with Crippen LogP contribution in [0.3, 0.4) is 0 Å². The number of nitrogens with zero attached hydrogens (tertiary/aromatic N) is 1. The highest BCUT2D eigenvalue weighted by Crippen LogP contribution is 2.14. The molecule has 1 aliphatic rings. The van der Waals surface area contributed by atoms with Crippen LogP contribution in [0, 0.1) is 0 Å². The summed E-state index contributed by atoms with van der Waals surface area (Å²) < 4.78 is 5.24. The van der Waals surface area contributed by atoms with E-state index in [0.29, 0.717) is 32.7 Å². The summed E-state index contributed by atoms with van der Waals surface area (Å²) in [5, 5.41) is 1.73. The minimum Gasteiger partial charge on any atom is -0.379 e. The number of carbonyl (C=O) groups is 1. The van der Waals surface area contributed by atoms with E-state index in [-0.39, 0.29) is 5.97 Å². The van der Waals surface area contributed by atoms with Crippen LogP contribution in [-0.4, -0.2) is 37.3 Å². The molecule has 0 saturated carbocycles. The van der Waals surface area contributed by atoms with Gasteiger partial charge in [-0.1, -0.05) is 96.8 Å². The van der Waals surface area contributed by atoms with E-state index in [9.17, 15) is 4.79 Å². The molecule has 0 aliphatic carbocycles. The van der Waals surface area contributed by atoms with Gasteiger partial charge in [-0.2, -0.15) is 0 Å². The van der Waals surface area contributed by atoms with Crippen LogP contribution in [0.4, 0.5) is 0 Å². The molecule has 0 aromatic carbocycles. The van der Waals surface area contributed by atoms with Crippen molar-refractivity contribution in [1.29, 1.82) is 0 Å². The average molecular weight is 370 g/mol. The first-order valence-corrected chi connectivity index (χ1v) is 11.4. The molecule has 4 nitrogen and oxygen atoms in total. The zero-order chi connectivity index (χ0) is 18.7. The largest absolute Gasteiger partial charge is 0.379 e. The predicted molar refractivity (Wildman–Crippen MR) is 108 cm³/mol. The minimum atomic E-state index is -0.0819. The maximum Gasteiger partial charge on any atom is 0.325 e. The smallest absolute Gasteiger partial charge is 0.325 e. The summed E-state index contributed by atoms with van der Waals surface area (Å²) in [6, 6.07) is 0. The van der Waals surface area contributed by atoms with Crippen molar-refractivity contribution in [1.82, 2.24) is 5.06 Å². The van der Waals surface area contributed by atoms with Crippen LogP contribution in [0.1, 0.15) is 110 Å². The maximum atomic E-state index is 11.7. The van der Waals surface area contributed by atoms with Crippen LogP contribution in [-0.2, 0) is 14.4 Å². The van der Waals surface area contributed by atoms with E-state index < -0.39 is 0 Å². The molecule has 1 rings (SSSR count). The van der Waals surface area contributed by atoms with E-state index in [2.05, 4.69) is 6.92 Å². The third kappa shape index (κ3) is 14.5. The van der Waals surface area contributed by atoms with Gasteiger partial charge in [0, 0.05) is 6.42 Å². The average Bonchev–Trinajstić information content (AvgIpc) is 2.65. The Bertz CT molecular complexity index is 317. The van der Waals surface area contributed by atoms with E-state index >= 15 is 0 Å². The number of unbranched alkanes of at least 4 members (excludes halogenated alkanes) is 14. The lowest BCUT2D eigenvalue weighted by molar-refractivity contribution is -0.205. The lowest BCUT2D eigenvalue weighted by Crippen LogP contribution is -2.37. The van der Waals surface area contributed by atoms with Gasteiger partial charge in [0.1, 0.15) is 0 Å². The fraction of sp³-hybridized carbons (Fsp3) is 0.955. The third-order valence-corrected chi connectivity index (χ3v) is 5.19. The van der Waals surface area contributed by atoms with Crippen LogP contribution in [0.5, 0.6) is 0 Å². The second kappa shape index (κ2) is 17.8. The van der Waals surface area contributed by atoms with Gasteiger partial charge in [-0.25, -0.2) is 0 Å². The molecular weight excluding hydrogens is 326 g/mol. The molecule has 0 spiro atoms. The van der Waals surface area contributed by atoms with E-state index in [1.54, 1.807) is 5.06 Å². The Kier molecular flexibility index (Phi) is 16.0. The quantitative estimate of drug-likeness (QED) is 0.293. The van der Waals surface area contributed by atoms with Crippen molar-refractivity contribution in [3.05, 3.63) is 0 Å². The van der Waals surface area contributed by atoms with Gasteiger partial charge in [0.05, 0.1) is 26.3 Å². The summed E-state index contributed by atoms with van der Waals surface area (Å²) >= 11 is 0. The molecule has 1 aliphatic heterocycles. The lowest BCUT2D eigenvalue weighted by atomic mass is 10.0. The maximum absolute atomic E-state index is 11.7. The first-order chi connectivity index (χ1) is 12.8. The molecule has 1 fully saturated rings. The SMILES string of the molecule is CCCCCCCCCCCCCCCCCC(=O)ON1CCOCC1. The molecule has 0 bridgehead atoms. The Hall–Kier alpha value is -0.610. The van der Waals surface area contributed by atoms with Gasteiger partial charge in [0.15, 0.2) is 0 Å². The van der Waals surface area contributed by atoms with Gasteiger partial charge in [-0.3, -0.25) is 4.79 Å².